The number of nitrogens with zero attached hydrogens (tertiary/aromatic N) is 3. The standard InChI is InChI=1S/C17H26N4O5/c1-16(2,3)26-15(22)19-17(4,5)13-11-20(8-9-25-13)12-6-7-14(18-10-12)21(23)24/h6-7,10,13H,8-9,11H2,1-5H3,(H,19,22). The maximum absolute atomic E-state index is 12.1. The van der Waals surface area contributed by atoms with E-state index in [9.17, 15) is 14.9 Å². The summed E-state index contributed by atoms with van der Waals surface area (Å²) >= 11 is 0. The van der Waals surface area contributed by atoms with Crippen LogP contribution < -0.4 is 10.2 Å². The average Bonchev–Trinajstić information content (AvgIpc) is 2.52. The van der Waals surface area contributed by atoms with Crippen molar-refractivity contribution < 1.29 is 19.2 Å². The molecule has 0 radical (unpaired) electrons. The smallest absolute Gasteiger partial charge is 0.408 e. The monoisotopic (exact) mass is 366 g/mol. The van der Waals surface area contributed by atoms with E-state index in [1.54, 1.807) is 26.8 Å². The molecule has 1 unspecified atom stereocenters. The van der Waals surface area contributed by atoms with Crippen LogP contribution in [0.1, 0.15) is 34.6 Å². The number of alkyl carbamates (subject to hydrolysis) is 1. The molecule has 9 nitrogen and oxygen atoms in total. The first-order valence-corrected chi connectivity index (χ1v) is 8.46. The highest BCUT2D eigenvalue weighted by atomic mass is 16.6. The Kier molecular flexibility index (Phi) is 5.70. The van der Waals surface area contributed by atoms with Crippen LogP contribution in [-0.2, 0) is 9.47 Å². The second-order valence-corrected chi connectivity index (χ2v) is 7.79. The van der Waals surface area contributed by atoms with Crippen LogP contribution in [-0.4, -0.2) is 52.9 Å². The minimum absolute atomic E-state index is 0.189. The highest BCUT2D eigenvalue weighted by molar-refractivity contribution is 5.68. The zero-order valence-corrected chi connectivity index (χ0v) is 15.8. The largest absolute Gasteiger partial charge is 0.444 e. The summed E-state index contributed by atoms with van der Waals surface area (Å²) in [5.41, 5.74) is -0.462. The molecule has 1 amide bonds. The van der Waals surface area contributed by atoms with Crippen molar-refractivity contribution in [3.05, 3.63) is 28.4 Å². The minimum atomic E-state index is -0.658. The van der Waals surface area contributed by atoms with Gasteiger partial charge in [-0.25, -0.2) is 4.79 Å². The Labute approximate surface area is 152 Å². The molecule has 26 heavy (non-hydrogen) atoms. The van der Waals surface area contributed by atoms with Crippen LogP contribution in [0.4, 0.5) is 16.3 Å². The second-order valence-electron chi connectivity index (χ2n) is 7.79. The van der Waals surface area contributed by atoms with Crippen molar-refractivity contribution in [2.24, 2.45) is 0 Å². The summed E-state index contributed by atoms with van der Waals surface area (Å²) in [6.45, 7) is 10.8. The van der Waals surface area contributed by atoms with Crippen molar-refractivity contribution in [1.29, 1.82) is 0 Å². The molecule has 0 aromatic carbocycles. The first-order chi connectivity index (χ1) is 12.0. The Morgan fingerprint density at radius 1 is 1.38 bits per heavy atom. The quantitative estimate of drug-likeness (QED) is 0.644. The fourth-order valence-corrected chi connectivity index (χ4v) is 2.64. The maximum atomic E-state index is 12.1. The van der Waals surface area contributed by atoms with E-state index in [2.05, 4.69) is 10.3 Å². The number of amides is 1. The normalized spacial score (nSPS) is 18.3. The molecule has 0 saturated carbocycles. The topological polar surface area (TPSA) is 107 Å². The van der Waals surface area contributed by atoms with Crippen molar-refractivity contribution in [2.75, 3.05) is 24.6 Å². The molecular weight excluding hydrogens is 340 g/mol. The third-order valence-corrected chi connectivity index (χ3v) is 3.98. The van der Waals surface area contributed by atoms with E-state index in [1.165, 1.54) is 12.3 Å². The van der Waals surface area contributed by atoms with E-state index in [0.717, 1.165) is 5.69 Å². The van der Waals surface area contributed by atoms with Crippen LogP contribution in [0.25, 0.3) is 0 Å². The van der Waals surface area contributed by atoms with Gasteiger partial charge in [-0.2, -0.15) is 0 Å². The molecule has 0 bridgehead atoms. The zero-order chi connectivity index (χ0) is 19.5. The van der Waals surface area contributed by atoms with Gasteiger partial charge in [0.15, 0.2) is 6.20 Å². The molecule has 0 aliphatic carbocycles. The number of rotatable bonds is 4. The van der Waals surface area contributed by atoms with Gasteiger partial charge in [-0.3, -0.25) is 0 Å². The molecule has 9 heteroatoms. The van der Waals surface area contributed by atoms with E-state index in [1.807, 2.05) is 18.7 Å². The lowest BCUT2D eigenvalue weighted by molar-refractivity contribution is -0.389. The van der Waals surface area contributed by atoms with Crippen LogP contribution in [0.2, 0.25) is 0 Å². The highest BCUT2D eigenvalue weighted by Crippen LogP contribution is 2.24. The lowest BCUT2D eigenvalue weighted by Crippen LogP contribution is -2.60. The Hall–Kier alpha value is -2.42. The van der Waals surface area contributed by atoms with E-state index < -0.39 is 22.2 Å². The summed E-state index contributed by atoms with van der Waals surface area (Å²) < 4.78 is 11.2. The third-order valence-electron chi connectivity index (χ3n) is 3.98. The van der Waals surface area contributed by atoms with Crippen LogP contribution in [0.15, 0.2) is 18.3 Å². The number of aromatic nitrogens is 1. The molecule has 2 rings (SSSR count). The number of anilines is 1. The molecule has 1 aromatic rings. The lowest BCUT2D eigenvalue weighted by Gasteiger charge is -2.42. The molecule has 1 N–H and O–H groups in total. The molecule has 1 aromatic heterocycles. The zero-order valence-electron chi connectivity index (χ0n) is 15.8. The van der Waals surface area contributed by atoms with Gasteiger partial charge >= 0.3 is 11.9 Å². The summed E-state index contributed by atoms with van der Waals surface area (Å²) in [7, 11) is 0. The van der Waals surface area contributed by atoms with Crippen LogP contribution >= 0.6 is 0 Å². The van der Waals surface area contributed by atoms with Crippen molar-refractivity contribution in [3.8, 4) is 0 Å². The number of carbonyl (C=O) groups excluding carboxylic acids is 1. The Balaban J connectivity index is 2.04. The summed E-state index contributed by atoms with van der Waals surface area (Å²) in [5.74, 6) is -0.189. The number of pyridine rings is 1. The summed E-state index contributed by atoms with van der Waals surface area (Å²) in [6.07, 6.45) is 0.702. The van der Waals surface area contributed by atoms with E-state index in [0.29, 0.717) is 19.7 Å². The Morgan fingerprint density at radius 2 is 2.08 bits per heavy atom. The van der Waals surface area contributed by atoms with E-state index >= 15 is 0 Å². The second kappa shape index (κ2) is 7.45. The van der Waals surface area contributed by atoms with Crippen LogP contribution in [0.3, 0.4) is 0 Å². The predicted octanol–water partition coefficient (Wildman–Crippen LogP) is 2.50. The molecule has 1 aliphatic heterocycles. The first-order valence-electron chi connectivity index (χ1n) is 8.46. The maximum Gasteiger partial charge on any atom is 0.408 e. The van der Waals surface area contributed by atoms with Gasteiger partial charge in [-0.15, -0.1) is 0 Å². The number of hydrogen-bond acceptors (Lipinski definition) is 7. The fourth-order valence-electron chi connectivity index (χ4n) is 2.64. The Morgan fingerprint density at radius 3 is 2.62 bits per heavy atom. The number of hydrogen-bond donors (Lipinski definition) is 1. The van der Waals surface area contributed by atoms with Gasteiger partial charge in [0.1, 0.15) is 5.60 Å². The number of nitrogens with one attached hydrogen (secondary N) is 1. The highest BCUT2D eigenvalue weighted by Gasteiger charge is 2.37. The molecule has 0 spiro atoms. The van der Waals surface area contributed by atoms with E-state index in [-0.39, 0.29) is 11.9 Å². The van der Waals surface area contributed by atoms with Gasteiger partial charge in [0.2, 0.25) is 0 Å². The van der Waals surface area contributed by atoms with Crippen molar-refractivity contribution in [1.82, 2.24) is 10.3 Å². The summed E-state index contributed by atoms with van der Waals surface area (Å²) in [5, 5.41) is 13.6. The SMILES string of the molecule is CC(C)(C)OC(=O)NC(C)(C)C1CN(c2ccc([N+](=O)[O-])nc2)CCO1. The molecule has 1 fully saturated rings. The van der Waals surface area contributed by atoms with Gasteiger partial charge < -0.3 is 29.8 Å². The Bertz CT molecular complexity index is 654. The van der Waals surface area contributed by atoms with Crippen molar-refractivity contribution in [3.63, 3.8) is 0 Å². The van der Waals surface area contributed by atoms with Gasteiger partial charge in [-0.05, 0) is 50.6 Å². The van der Waals surface area contributed by atoms with E-state index in [4.69, 9.17) is 9.47 Å². The van der Waals surface area contributed by atoms with Gasteiger partial charge in [0.25, 0.3) is 0 Å². The summed E-state index contributed by atoms with van der Waals surface area (Å²) in [4.78, 5) is 28.2. The number of nitro groups is 1. The molecule has 1 aliphatic rings. The van der Waals surface area contributed by atoms with Crippen molar-refractivity contribution in [2.45, 2.75) is 51.9 Å². The van der Waals surface area contributed by atoms with Gasteiger partial charge in [0, 0.05) is 19.2 Å². The first kappa shape index (κ1) is 19.9. The van der Waals surface area contributed by atoms with Crippen LogP contribution in [0.5, 0.6) is 0 Å². The molecule has 2 heterocycles. The number of morpholine rings is 1. The van der Waals surface area contributed by atoms with Crippen LogP contribution in [0, 0.1) is 10.1 Å². The van der Waals surface area contributed by atoms with Gasteiger partial charge in [-0.1, -0.05) is 0 Å². The minimum Gasteiger partial charge on any atom is -0.444 e. The number of carbonyl (C=O) groups is 1. The summed E-state index contributed by atoms with van der Waals surface area (Å²) in [6, 6.07) is 3.05. The predicted molar refractivity (Wildman–Crippen MR) is 96.3 cm³/mol. The lowest BCUT2D eigenvalue weighted by atomic mass is 9.95. The molecule has 1 atom stereocenters. The molecule has 1 saturated heterocycles. The third kappa shape index (κ3) is 5.29. The molecular formula is C17H26N4O5. The number of ether oxygens (including phenoxy) is 2. The fraction of sp³-hybridized carbons (Fsp3) is 0.647. The molecule has 144 valence electrons. The average molecular weight is 366 g/mol. The van der Waals surface area contributed by atoms with Crippen molar-refractivity contribution >= 4 is 17.6 Å². The van der Waals surface area contributed by atoms with Gasteiger partial charge in [0.05, 0.1) is 23.9 Å².